The summed E-state index contributed by atoms with van der Waals surface area (Å²) in [6.07, 6.45) is 5.41. The molecule has 1 aromatic heterocycles. The zero-order valence-electron chi connectivity index (χ0n) is 18.0. The van der Waals surface area contributed by atoms with Crippen LogP contribution < -0.4 is 4.74 Å². The summed E-state index contributed by atoms with van der Waals surface area (Å²) in [6, 6.07) is 7.80. The Bertz CT molecular complexity index is 895. The second-order valence-corrected chi connectivity index (χ2v) is 8.35. The monoisotopic (exact) mass is 412 g/mol. The molecule has 2 amide bonds. The van der Waals surface area contributed by atoms with Gasteiger partial charge in [0, 0.05) is 56.4 Å². The third-order valence-electron chi connectivity index (χ3n) is 6.52. The molecule has 4 rings (SSSR count). The number of piperidine rings is 1. The number of carbonyl (C=O) groups is 2. The molecule has 3 heterocycles. The van der Waals surface area contributed by atoms with Crippen LogP contribution >= 0.6 is 0 Å². The highest BCUT2D eigenvalue weighted by Crippen LogP contribution is 2.22. The van der Waals surface area contributed by atoms with Crippen LogP contribution in [0.5, 0.6) is 5.75 Å². The van der Waals surface area contributed by atoms with E-state index in [0.717, 1.165) is 55.7 Å². The number of hydrogen-bond donors (Lipinski definition) is 0. The molecule has 2 fully saturated rings. The van der Waals surface area contributed by atoms with E-state index in [1.807, 2.05) is 51.8 Å². The van der Waals surface area contributed by atoms with E-state index in [2.05, 4.69) is 4.90 Å². The van der Waals surface area contributed by atoms with Crippen molar-refractivity contribution in [3.63, 3.8) is 0 Å². The van der Waals surface area contributed by atoms with Gasteiger partial charge in [-0.15, -0.1) is 0 Å². The minimum atomic E-state index is -0.108. The number of piperazine rings is 1. The first-order chi connectivity index (χ1) is 14.6. The number of methoxy groups -OCH3 is 1. The summed E-state index contributed by atoms with van der Waals surface area (Å²) in [7, 11) is 1.66. The van der Waals surface area contributed by atoms with E-state index in [9.17, 15) is 9.59 Å². The van der Waals surface area contributed by atoms with E-state index in [4.69, 9.17) is 4.74 Å². The zero-order chi connectivity index (χ0) is 21.1. The molecule has 2 aliphatic rings. The predicted octanol–water partition coefficient (Wildman–Crippen LogP) is 2.20. The summed E-state index contributed by atoms with van der Waals surface area (Å²) >= 11 is 0. The molecule has 2 saturated heterocycles. The number of fused-ring (bicyclic) bond motifs is 1. The van der Waals surface area contributed by atoms with Gasteiger partial charge in [0.15, 0.2) is 0 Å². The van der Waals surface area contributed by atoms with Gasteiger partial charge < -0.3 is 19.1 Å². The van der Waals surface area contributed by atoms with Crippen LogP contribution in [0.4, 0.5) is 0 Å². The van der Waals surface area contributed by atoms with Crippen molar-refractivity contribution in [2.24, 2.45) is 0 Å². The zero-order valence-corrected chi connectivity index (χ0v) is 18.0. The Morgan fingerprint density at radius 3 is 2.40 bits per heavy atom. The number of hydrogen-bond acceptors (Lipinski definition) is 4. The second kappa shape index (κ2) is 9.08. The second-order valence-electron chi connectivity index (χ2n) is 8.35. The van der Waals surface area contributed by atoms with Gasteiger partial charge in [-0.25, -0.2) is 0 Å². The molecule has 7 nitrogen and oxygen atoms in total. The largest absolute Gasteiger partial charge is 0.497 e. The Morgan fingerprint density at radius 1 is 0.967 bits per heavy atom. The molecule has 1 atom stereocenters. The molecule has 1 unspecified atom stereocenters. The summed E-state index contributed by atoms with van der Waals surface area (Å²) in [4.78, 5) is 31.8. The van der Waals surface area contributed by atoms with Crippen LogP contribution in [-0.4, -0.2) is 83.5 Å². The molecular weight excluding hydrogens is 380 g/mol. The van der Waals surface area contributed by atoms with Gasteiger partial charge >= 0.3 is 0 Å². The first kappa shape index (κ1) is 20.7. The Hall–Kier alpha value is -2.54. The number of rotatable bonds is 5. The van der Waals surface area contributed by atoms with Crippen LogP contribution in [0, 0.1) is 0 Å². The predicted molar refractivity (Wildman–Crippen MR) is 117 cm³/mol. The summed E-state index contributed by atoms with van der Waals surface area (Å²) in [5, 5.41) is 1.07. The highest BCUT2D eigenvalue weighted by atomic mass is 16.5. The lowest BCUT2D eigenvalue weighted by molar-refractivity contribution is -0.139. The van der Waals surface area contributed by atoms with Crippen molar-refractivity contribution in [3.8, 4) is 5.75 Å². The quantitative estimate of drug-likeness (QED) is 0.756. The Balaban J connectivity index is 1.31. The number of carbonyl (C=O) groups excluding carboxylic acids is 2. The molecule has 162 valence electrons. The van der Waals surface area contributed by atoms with Gasteiger partial charge in [0.2, 0.25) is 11.8 Å². The van der Waals surface area contributed by atoms with Crippen molar-refractivity contribution < 1.29 is 14.3 Å². The number of aromatic nitrogens is 1. The summed E-state index contributed by atoms with van der Waals surface area (Å²) in [5.74, 6) is 1.18. The highest BCUT2D eigenvalue weighted by molar-refractivity contribution is 5.84. The van der Waals surface area contributed by atoms with E-state index in [1.54, 1.807) is 7.11 Å². The third-order valence-corrected chi connectivity index (χ3v) is 6.52. The SMILES string of the molecule is COc1ccc2c(ccn2CC(=O)N2CCN(C(C)C(=O)N3CCCCC3)CC2)c1. The number of ether oxygens (including phenoxy) is 1. The van der Waals surface area contributed by atoms with E-state index in [1.165, 1.54) is 6.42 Å². The van der Waals surface area contributed by atoms with Crippen LogP contribution in [0.25, 0.3) is 10.9 Å². The van der Waals surface area contributed by atoms with Gasteiger partial charge in [0.05, 0.1) is 13.2 Å². The topological polar surface area (TPSA) is 58.0 Å². The molecular formula is C23H32N4O3. The van der Waals surface area contributed by atoms with E-state index in [-0.39, 0.29) is 17.9 Å². The van der Waals surface area contributed by atoms with Crippen molar-refractivity contribution in [2.75, 3.05) is 46.4 Å². The normalized spacial score (nSPS) is 19.1. The lowest BCUT2D eigenvalue weighted by Gasteiger charge is -2.39. The number of likely N-dealkylation sites (tertiary alicyclic amines) is 1. The van der Waals surface area contributed by atoms with Crippen LogP contribution in [-0.2, 0) is 16.1 Å². The average molecular weight is 413 g/mol. The Labute approximate surface area is 178 Å². The first-order valence-corrected chi connectivity index (χ1v) is 11.0. The van der Waals surface area contributed by atoms with Gasteiger partial charge in [0.1, 0.15) is 12.3 Å². The summed E-state index contributed by atoms with van der Waals surface area (Å²) < 4.78 is 7.27. The van der Waals surface area contributed by atoms with E-state index < -0.39 is 0 Å². The van der Waals surface area contributed by atoms with Gasteiger partial charge in [-0.3, -0.25) is 14.5 Å². The van der Waals surface area contributed by atoms with Gasteiger partial charge in [0.25, 0.3) is 0 Å². The fraction of sp³-hybridized carbons (Fsp3) is 0.565. The molecule has 0 spiro atoms. The van der Waals surface area contributed by atoms with Gasteiger partial charge in [-0.1, -0.05) is 0 Å². The minimum Gasteiger partial charge on any atom is -0.497 e. The van der Waals surface area contributed by atoms with Gasteiger partial charge in [-0.2, -0.15) is 0 Å². The van der Waals surface area contributed by atoms with Crippen LogP contribution in [0.1, 0.15) is 26.2 Å². The number of benzene rings is 1. The highest BCUT2D eigenvalue weighted by Gasteiger charge is 2.30. The molecule has 0 saturated carbocycles. The summed E-state index contributed by atoms with van der Waals surface area (Å²) in [5.41, 5.74) is 1.03. The molecule has 30 heavy (non-hydrogen) atoms. The maximum Gasteiger partial charge on any atom is 0.242 e. The Morgan fingerprint density at radius 2 is 1.70 bits per heavy atom. The van der Waals surface area contributed by atoms with Crippen molar-refractivity contribution in [2.45, 2.75) is 38.8 Å². The molecule has 2 aliphatic heterocycles. The molecule has 2 aromatic rings. The van der Waals surface area contributed by atoms with Crippen molar-refractivity contribution >= 4 is 22.7 Å². The van der Waals surface area contributed by atoms with Crippen LogP contribution in [0.15, 0.2) is 30.5 Å². The smallest absolute Gasteiger partial charge is 0.242 e. The van der Waals surface area contributed by atoms with E-state index >= 15 is 0 Å². The number of nitrogens with zero attached hydrogens (tertiary/aromatic N) is 4. The fourth-order valence-electron chi connectivity index (χ4n) is 4.58. The van der Waals surface area contributed by atoms with Crippen LogP contribution in [0.3, 0.4) is 0 Å². The fourth-order valence-corrected chi connectivity index (χ4v) is 4.58. The van der Waals surface area contributed by atoms with Crippen molar-refractivity contribution in [1.82, 2.24) is 19.3 Å². The van der Waals surface area contributed by atoms with Crippen molar-refractivity contribution in [3.05, 3.63) is 30.5 Å². The van der Waals surface area contributed by atoms with Gasteiger partial charge in [-0.05, 0) is 50.5 Å². The first-order valence-electron chi connectivity index (χ1n) is 11.0. The maximum absolute atomic E-state index is 12.9. The minimum absolute atomic E-state index is 0.108. The summed E-state index contributed by atoms with van der Waals surface area (Å²) in [6.45, 7) is 6.95. The van der Waals surface area contributed by atoms with E-state index in [0.29, 0.717) is 19.6 Å². The molecule has 0 bridgehead atoms. The average Bonchev–Trinajstić information content (AvgIpc) is 3.20. The lowest BCUT2D eigenvalue weighted by atomic mass is 10.1. The molecule has 0 aliphatic carbocycles. The number of amides is 2. The van der Waals surface area contributed by atoms with Crippen LogP contribution in [0.2, 0.25) is 0 Å². The molecule has 7 heteroatoms. The third kappa shape index (κ3) is 4.31. The maximum atomic E-state index is 12.9. The van der Waals surface area contributed by atoms with Crippen molar-refractivity contribution in [1.29, 1.82) is 0 Å². The Kier molecular flexibility index (Phi) is 6.27. The molecule has 0 radical (unpaired) electrons. The molecule has 1 aromatic carbocycles. The standard InChI is InChI=1S/C23H32N4O3/c1-18(23(29)26-9-4-3-5-10-26)24-12-14-25(15-13-24)22(28)17-27-11-8-19-16-20(30-2)6-7-21(19)27/h6-8,11,16,18H,3-5,9-10,12-15,17H2,1-2H3. The lowest BCUT2D eigenvalue weighted by Crippen LogP contribution is -2.56. The molecule has 0 N–H and O–H groups in total.